The number of halogens is 1. The number of hydrogen-bond acceptors (Lipinski definition) is 4. The maximum absolute atomic E-state index is 12.3. The van der Waals surface area contributed by atoms with Gasteiger partial charge in [0.2, 0.25) is 0 Å². The number of nitrogens with one attached hydrogen (secondary N) is 1. The Balaban J connectivity index is 1.60. The zero-order chi connectivity index (χ0) is 18.4. The molecule has 3 rings (SSSR count). The summed E-state index contributed by atoms with van der Waals surface area (Å²) in [6.45, 7) is 1.68. The predicted molar refractivity (Wildman–Crippen MR) is 100 cm³/mol. The van der Waals surface area contributed by atoms with Gasteiger partial charge >= 0.3 is 0 Å². The molecule has 0 radical (unpaired) electrons. The number of benzene rings is 2. The van der Waals surface area contributed by atoms with Gasteiger partial charge in [-0.15, -0.1) is 0 Å². The van der Waals surface area contributed by atoms with E-state index in [1.54, 1.807) is 25.3 Å². The minimum Gasteiger partial charge on any atom is -0.493 e. The molecule has 1 aliphatic heterocycles. The van der Waals surface area contributed by atoms with Crippen LogP contribution in [0.4, 0.5) is 0 Å². The van der Waals surface area contributed by atoms with Crippen LogP contribution in [0.1, 0.15) is 28.8 Å². The molecule has 6 heteroatoms. The lowest BCUT2D eigenvalue weighted by Crippen LogP contribution is -2.31. The van der Waals surface area contributed by atoms with Gasteiger partial charge in [-0.25, -0.2) is 0 Å². The smallest absolute Gasteiger partial charge is 0.251 e. The summed E-state index contributed by atoms with van der Waals surface area (Å²) in [6.07, 6.45) is 2.15. The number of amides is 1. The van der Waals surface area contributed by atoms with Crippen molar-refractivity contribution < 1.29 is 19.0 Å². The van der Waals surface area contributed by atoms with Crippen molar-refractivity contribution >= 4 is 17.5 Å². The topological polar surface area (TPSA) is 56.8 Å². The third kappa shape index (κ3) is 4.90. The van der Waals surface area contributed by atoms with Crippen molar-refractivity contribution in [3.63, 3.8) is 0 Å². The summed E-state index contributed by atoms with van der Waals surface area (Å²) in [7, 11) is 1.55. The summed E-state index contributed by atoms with van der Waals surface area (Å²) in [6, 6.07) is 12.6. The van der Waals surface area contributed by atoms with Crippen LogP contribution in [0.5, 0.6) is 11.5 Å². The van der Waals surface area contributed by atoms with Gasteiger partial charge in [-0.05, 0) is 48.7 Å². The summed E-state index contributed by atoms with van der Waals surface area (Å²) in [5, 5.41) is 3.59. The third-order valence-corrected chi connectivity index (χ3v) is 4.50. The molecule has 1 fully saturated rings. The fraction of sp³-hybridized carbons (Fsp3) is 0.350. The van der Waals surface area contributed by atoms with Gasteiger partial charge in [0.25, 0.3) is 5.91 Å². The molecule has 2 aromatic rings. The maximum Gasteiger partial charge on any atom is 0.251 e. The van der Waals surface area contributed by atoms with E-state index in [1.165, 1.54) is 0 Å². The highest BCUT2D eigenvalue weighted by molar-refractivity contribution is 6.30. The molecule has 0 bridgehead atoms. The molecule has 5 nitrogen and oxygen atoms in total. The van der Waals surface area contributed by atoms with Gasteiger partial charge in [0.05, 0.1) is 13.2 Å². The second-order valence-corrected chi connectivity index (χ2v) is 6.56. The van der Waals surface area contributed by atoms with Gasteiger partial charge < -0.3 is 19.5 Å². The summed E-state index contributed by atoms with van der Waals surface area (Å²) in [5.41, 5.74) is 1.52. The number of carbonyl (C=O) groups excluding carboxylic acids is 1. The Morgan fingerprint density at radius 1 is 1.23 bits per heavy atom. The highest BCUT2D eigenvalue weighted by Crippen LogP contribution is 2.29. The summed E-state index contributed by atoms with van der Waals surface area (Å²) in [4.78, 5) is 12.3. The molecule has 1 amide bonds. The molecule has 0 saturated carbocycles. The number of hydrogen-bond donors (Lipinski definition) is 1. The molecular formula is C20H22ClNO4. The van der Waals surface area contributed by atoms with Gasteiger partial charge in [0, 0.05) is 23.7 Å². The van der Waals surface area contributed by atoms with Crippen molar-refractivity contribution in [2.75, 3.05) is 20.3 Å². The number of ether oxygens (including phenoxy) is 3. The van der Waals surface area contributed by atoms with E-state index in [0.29, 0.717) is 35.2 Å². The maximum atomic E-state index is 12.3. The summed E-state index contributed by atoms with van der Waals surface area (Å²) in [5.74, 6) is 0.949. The second kappa shape index (κ2) is 8.92. The highest BCUT2D eigenvalue weighted by atomic mass is 35.5. The first kappa shape index (κ1) is 18.5. The lowest BCUT2D eigenvalue weighted by molar-refractivity contribution is 0.0857. The van der Waals surface area contributed by atoms with Crippen molar-refractivity contribution in [1.82, 2.24) is 5.32 Å². The zero-order valence-electron chi connectivity index (χ0n) is 14.7. The van der Waals surface area contributed by atoms with Crippen LogP contribution in [0.25, 0.3) is 0 Å². The molecule has 0 unspecified atom stereocenters. The second-order valence-electron chi connectivity index (χ2n) is 6.13. The van der Waals surface area contributed by atoms with E-state index in [2.05, 4.69) is 5.32 Å². The Morgan fingerprint density at radius 2 is 2.04 bits per heavy atom. The van der Waals surface area contributed by atoms with Crippen LogP contribution < -0.4 is 14.8 Å². The molecule has 1 atom stereocenters. The van der Waals surface area contributed by atoms with Gasteiger partial charge in [-0.2, -0.15) is 0 Å². The normalized spacial score (nSPS) is 16.3. The van der Waals surface area contributed by atoms with Gasteiger partial charge in [-0.1, -0.05) is 23.7 Å². The van der Waals surface area contributed by atoms with E-state index in [-0.39, 0.29) is 12.0 Å². The van der Waals surface area contributed by atoms with E-state index in [0.717, 1.165) is 25.0 Å². The monoisotopic (exact) mass is 375 g/mol. The van der Waals surface area contributed by atoms with Crippen molar-refractivity contribution in [2.24, 2.45) is 0 Å². The molecule has 2 aromatic carbocycles. The standard InChI is InChI=1S/C20H22ClNO4/c1-24-19-11-15(20(23)22-12-17-3-2-10-25-17)6-9-18(19)26-13-14-4-7-16(21)8-5-14/h4-9,11,17H,2-3,10,12-13H2,1H3,(H,22,23)/t17-/m1/s1. The fourth-order valence-corrected chi connectivity index (χ4v) is 2.91. The van der Waals surface area contributed by atoms with Gasteiger partial charge in [0.15, 0.2) is 11.5 Å². The van der Waals surface area contributed by atoms with E-state index in [9.17, 15) is 4.79 Å². The van der Waals surface area contributed by atoms with Crippen LogP contribution in [-0.4, -0.2) is 32.3 Å². The number of methoxy groups -OCH3 is 1. The van der Waals surface area contributed by atoms with E-state index in [1.807, 2.05) is 24.3 Å². The van der Waals surface area contributed by atoms with Gasteiger partial charge in [0.1, 0.15) is 6.61 Å². The summed E-state index contributed by atoms with van der Waals surface area (Å²) < 4.78 is 16.7. The zero-order valence-corrected chi connectivity index (χ0v) is 15.4. The fourth-order valence-electron chi connectivity index (χ4n) is 2.78. The Hall–Kier alpha value is -2.24. The SMILES string of the molecule is COc1cc(C(=O)NC[C@H]2CCCO2)ccc1OCc1ccc(Cl)cc1. The predicted octanol–water partition coefficient (Wildman–Crippen LogP) is 3.84. The molecule has 1 N–H and O–H groups in total. The van der Waals surface area contributed by atoms with E-state index >= 15 is 0 Å². The molecule has 1 saturated heterocycles. The lowest BCUT2D eigenvalue weighted by Gasteiger charge is -2.14. The Morgan fingerprint density at radius 3 is 2.73 bits per heavy atom. The first-order valence-electron chi connectivity index (χ1n) is 8.61. The van der Waals surface area contributed by atoms with Crippen LogP contribution in [0.15, 0.2) is 42.5 Å². The molecule has 0 aromatic heterocycles. The minimum atomic E-state index is -0.150. The molecule has 0 spiro atoms. The molecule has 138 valence electrons. The highest BCUT2D eigenvalue weighted by Gasteiger charge is 2.17. The van der Waals surface area contributed by atoms with Crippen LogP contribution in [0, 0.1) is 0 Å². The third-order valence-electron chi connectivity index (χ3n) is 4.25. The molecule has 1 heterocycles. The molecule has 0 aliphatic carbocycles. The molecule has 26 heavy (non-hydrogen) atoms. The number of rotatable bonds is 7. The van der Waals surface area contributed by atoms with Crippen molar-refractivity contribution in [3.8, 4) is 11.5 Å². The van der Waals surface area contributed by atoms with Crippen LogP contribution in [-0.2, 0) is 11.3 Å². The first-order valence-corrected chi connectivity index (χ1v) is 8.98. The average Bonchev–Trinajstić information content (AvgIpc) is 3.19. The molecule has 1 aliphatic rings. The van der Waals surface area contributed by atoms with Crippen molar-refractivity contribution in [3.05, 3.63) is 58.6 Å². The summed E-state index contributed by atoms with van der Waals surface area (Å²) >= 11 is 5.88. The van der Waals surface area contributed by atoms with Crippen molar-refractivity contribution in [1.29, 1.82) is 0 Å². The molecular weight excluding hydrogens is 354 g/mol. The lowest BCUT2D eigenvalue weighted by atomic mass is 10.1. The van der Waals surface area contributed by atoms with Crippen LogP contribution >= 0.6 is 11.6 Å². The number of carbonyl (C=O) groups is 1. The van der Waals surface area contributed by atoms with Crippen LogP contribution in [0.3, 0.4) is 0 Å². The van der Waals surface area contributed by atoms with Gasteiger partial charge in [-0.3, -0.25) is 4.79 Å². The minimum absolute atomic E-state index is 0.114. The first-order chi connectivity index (χ1) is 12.7. The Bertz CT molecular complexity index is 742. The van der Waals surface area contributed by atoms with Crippen molar-refractivity contribution in [2.45, 2.75) is 25.6 Å². The Kier molecular flexibility index (Phi) is 6.36. The van der Waals surface area contributed by atoms with E-state index < -0.39 is 0 Å². The average molecular weight is 376 g/mol. The Labute approximate surface area is 158 Å². The van der Waals surface area contributed by atoms with E-state index in [4.69, 9.17) is 25.8 Å². The quantitative estimate of drug-likeness (QED) is 0.798. The van der Waals surface area contributed by atoms with Crippen LogP contribution in [0.2, 0.25) is 5.02 Å². The largest absolute Gasteiger partial charge is 0.493 e.